The van der Waals surface area contributed by atoms with Crippen LogP contribution in [0, 0.1) is 0 Å². The van der Waals surface area contributed by atoms with Crippen LogP contribution >= 0.6 is 0 Å². The SMILES string of the molecule is COc1cc(OC)c(C(=O)CCCCN2CCC3(CC2)NC(=O)NC3=O)cc1N. The van der Waals surface area contributed by atoms with Gasteiger partial charge in [0.05, 0.1) is 25.5 Å². The van der Waals surface area contributed by atoms with E-state index >= 15 is 0 Å². The molecule has 3 rings (SSSR count). The van der Waals surface area contributed by atoms with E-state index in [0.717, 1.165) is 32.5 Å². The second-order valence-electron chi connectivity index (χ2n) is 7.51. The Hall–Kier alpha value is -2.81. The minimum Gasteiger partial charge on any atom is -0.496 e. The van der Waals surface area contributed by atoms with Crippen LogP contribution in [0.25, 0.3) is 0 Å². The third-order valence-electron chi connectivity index (χ3n) is 5.70. The van der Waals surface area contributed by atoms with Gasteiger partial charge in [-0.25, -0.2) is 4.79 Å². The van der Waals surface area contributed by atoms with Gasteiger partial charge >= 0.3 is 6.03 Å². The fourth-order valence-corrected chi connectivity index (χ4v) is 3.94. The standard InChI is InChI=1S/C20H28N4O5/c1-28-16-12-17(29-2)14(21)11-13(16)15(25)5-3-4-8-24-9-6-20(7-10-24)18(26)22-19(27)23-20/h11-12H,3-10,21H2,1-2H3,(H2,22,23,26,27). The lowest BCUT2D eigenvalue weighted by molar-refractivity contribution is -0.125. The number of nitrogen functional groups attached to an aromatic ring is 1. The molecule has 0 aromatic heterocycles. The number of carbonyl (C=O) groups excluding carboxylic acids is 3. The van der Waals surface area contributed by atoms with E-state index in [2.05, 4.69) is 15.5 Å². The summed E-state index contributed by atoms with van der Waals surface area (Å²) in [6.07, 6.45) is 3.22. The van der Waals surface area contributed by atoms with Crippen LogP contribution < -0.4 is 25.8 Å². The summed E-state index contributed by atoms with van der Waals surface area (Å²) in [6.45, 7) is 2.33. The molecule has 0 radical (unpaired) electrons. The van der Waals surface area contributed by atoms with Crippen LogP contribution in [0.2, 0.25) is 0 Å². The molecule has 1 aromatic carbocycles. The smallest absolute Gasteiger partial charge is 0.322 e. The molecule has 9 nitrogen and oxygen atoms in total. The molecule has 1 spiro atoms. The number of piperidine rings is 1. The first kappa shape index (κ1) is 20.9. The molecule has 0 aliphatic carbocycles. The van der Waals surface area contributed by atoms with E-state index < -0.39 is 11.6 Å². The Labute approximate surface area is 169 Å². The minimum absolute atomic E-state index is 0.0147. The number of hydrogen-bond donors (Lipinski definition) is 3. The van der Waals surface area contributed by atoms with E-state index in [1.165, 1.54) is 14.2 Å². The lowest BCUT2D eigenvalue weighted by atomic mass is 9.87. The highest BCUT2D eigenvalue weighted by atomic mass is 16.5. The fourth-order valence-electron chi connectivity index (χ4n) is 3.94. The number of hydrogen-bond acceptors (Lipinski definition) is 7. The number of rotatable bonds is 8. The first-order valence-electron chi connectivity index (χ1n) is 9.79. The third-order valence-corrected chi connectivity index (χ3v) is 5.70. The van der Waals surface area contributed by atoms with E-state index in [0.29, 0.717) is 42.0 Å². The number of nitrogens with zero attached hydrogens (tertiary/aromatic N) is 1. The molecule has 0 atom stereocenters. The predicted molar refractivity (Wildman–Crippen MR) is 107 cm³/mol. The van der Waals surface area contributed by atoms with Crippen LogP contribution in [0.5, 0.6) is 11.5 Å². The Kier molecular flexibility index (Phi) is 6.26. The highest BCUT2D eigenvalue weighted by Gasteiger charge is 2.47. The number of ketones is 1. The molecule has 4 N–H and O–H groups in total. The highest BCUT2D eigenvalue weighted by molar-refractivity contribution is 6.07. The molecule has 2 heterocycles. The topological polar surface area (TPSA) is 123 Å². The molecule has 2 fully saturated rings. The van der Waals surface area contributed by atoms with Crippen LogP contribution in [0.3, 0.4) is 0 Å². The van der Waals surface area contributed by atoms with Crippen molar-refractivity contribution in [2.45, 2.75) is 37.6 Å². The summed E-state index contributed by atoms with van der Waals surface area (Å²) < 4.78 is 10.5. The summed E-state index contributed by atoms with van der Waals surface area (Å²) in [5.74, 6) is 0.701. The van der Waals surface area contributed by atoms with Gasteiger partial charge in [0.1, 0.15) is 17.0 Å². The average Bonchev–Trinajstić information content (AvgIpc) is 2.98. The van der Waals surface area contributed by atoms with Gasteiger partial charge in [-0.1, -0.05) is 0 Å². The number of benzene rings is 1. The second kappa shape index (κ2) is 8.69. The number of imide groups is 1. The van der Waals surface area contributed by atoms with Crippen LogP contribution in [0.15, 0.2) is 12.1 Å². The number of ether oxygens (including phenoxy) is 2. The van der Waals surface area contributed by atoms with E-state index in [-0.39, 0.29) is 11.7 Å². The Balaban J connectivity index is 1.44. The number of nitrogens with two attached hydrogens (primary N) is 1. The molecule has 3 amide bonds. The number of likely N-dealkylation sites (tertiary alicyclic amines) is 1. The van der Waals surface area contributed by atoms with E-state index in [1.54, 1.807) is 12.1 Å². The molecular weight excluding hydrogens is 376 g/mol. The minimum atomic E-state index is -0.742. The van der Waals surface area contributed by atoms with Crippen molar-refractivity contribution in [1.29, 1.82) is 0 Å². The number of amides is 3. The lowest BCUT2D eigenvalue weighted by Gasteiger charge is -2.36. The molecule has 0 unspecified atom stereocenters. The molecule has 0 saturated carbocycles. The molecule has 1 aromatic rings. The van der Waals surface area contributed by atoms with Gasteiger partial charge in [0, 0.05) is 25.6 Å². The maximum atomic E-state index is 12.6. The molecule has 2 aliphatic rings. The monoisotopic (exact) mass is 404 g/mol. The first-order valence-corrected chi connectivity index (χ1v) is 9.79. The maximum Gasteiger partial charge on any atom is 0.322 e. The van der Waals surface area contributed by atoms with Crippen molar-refractivity contribution in [2.75, 3.05) is 39.6 Å². The molecule has 158 valence electrons. The van der Waals surface area contributed by atoms with E-state index in [1.807, 2.05) is 0 Å². The number of unbranched alkanes of at least 4 members (excludes halogenated alkanes) is 1. The molecular formula is C20H28N4O5. The van der Waals surface area contributed by atoms with E-state index in [9.17, 15) is 14.4 Å². The van der Waals surface area contributed by atoms with Gasteiger partial charge in [0.2, 0.25) is 0 Å². The fraction of sp³-hybridized carbons (Fsp3) is 0.550. The van der Waals surface area contributed by atoms with Crippen molar-refractivity contribution in [3.8, 4) is 11.5 Å². The van der Waals surface area contributed by atoms with Crippen LogP contribution in [0.1, 0.15) is 42.5 Å². The van der Waals surface area contributed by atoms with Crippen LogP contribution in [-0.4, -0.2) is 62.0 Å². The normalized spacial score (nSPS) is 18.4. The van der Waals surface area contributed by atoms with Crippen molar-refractivity contribution in [2.24, 2.45) is 0 Å². The number of nitrogens with one attached hydrogen (secondary N) is 2. The summed E-state index contributed by atoms with van der Waals surface area (Å²) in [5.41, 5.74) is 6.05. The largest absolute Gasteiger partial charge is 0.496 e. The lowest BCUT2D eigenvalue weighted by Crippen LogP contribution is -2.54. The van der Waals surface area contributed by atoms with Crippen molar-refractivity contribution in [3.63, 3.8) is 0 Å². The molecule has 29 heavy (non-hydrogen) atoms. The Morgan fingerprint density at radius 3 is 2.41 bits per heavy atom. The molecule has 0 bridgehead atoms. The summed E-state index contributed by atoms with van der Waals surface area (Å²) in [4.78, 5) is 38.2. The number of methoxy groups -OCH3 is 2. The summed E-state index contributed by atoms with van der Waals surface area (Å²) in [6, 6.07) is 2.83. The number of anilines is 1. The Bertz CT molecular complexity index is 802. The van der Waals surface area contributed by atoms with Crippen molar-refractivity contribution in [1.82, 2.24) is 15.5 Å². The predicted octanol–water partition coefficient (Wildman–Crippen LogP) is 1.31. The van der Waals surface area contributed by atoms with Crippen LogP contribution in [0.4, 0.5) is 10.5 Å². The molecule has 2 aliphatic heterocycles. The molecule has 2 saturated heterocycles. The van der Waals surface area contributed by atoms with Crippen molar-refractivity contribution in [3.05, 3.63) is 17.7 Å². The van der Waals surface area contributed by atoms with Crippen molar-refractivity contribution < 1.29 is 23.9 Å². The zero-order valence-corrected chi connectivity index (χ0v) is 16.9. The summed E-state index contributed by atoms with van der Waals surface area (Å²) >= 11 is 0. The van der Waals surface area contributed by atoms with E-state index in [4.69, 9.17) is 15.2 Å². The third kappa shape index (κ3) is 4.45. The summed E-state index contributed by atoms with van der Waals surface area (Å²) in [5, 5.41) is 5.08. The highest BCUT2D eigenvalue weighted by Crippen LogP contribution is 2.32. The Morgan fingerprint density at radius 2 is 1.83 bits per heavy atom. The van der Waals surface area contributed by atoms with Gasteiger partial charge in [0.25, 0.3) is 5.91 Å². The zero-order chi connectivity index (χ0) is 21.0. The first-order chi connectivity index (χ1) is 13.9. The van der Waals surface area contributed by atoms with Gasteiger partial charge < -0.3 is 25.4 Å². The maximum absolute atomic E-state index is 12.6. The van der Waals surface area contributed by atoms with Gasteiger partial charge in [-0.3, -0.25) is 14.9 Å². The Morgan fingerprint density at radius 1 is 1.14 bits per heavy atom. The average molecular weight is 404 g/mol. The van der Waals surface area contributed by atoms with Gasteiger partial charge in [-0.15, -0.1) is 0 Å². The van der Waals surface area contributed by atoms with Gasteiger partial charge in [-0.05, 0) is 38.3 Å². The summed E-state index contributed by atoms with van der Waals surface area (Å²) in [7, 11) is 3.03. The second-order valence-corrected chi connectivity index (χ2v) is 7.51. The molecule has 9 heteroatoms. The zero-order valence-electron chi connectivity index (χ0n) is 16.9. The van der Waals surface area contributed by atoms with Crippen molar-refractivity contribution >= 4 is 23.4 Å². The van der Waals surface area contributed by atoms with Gasteiger partial charge in [0.15, 0.2) is 5.78 Å². The van der Waals surface area contributed by atoms with Gasteiger partial charge in [-0.2, -0.15) is 0 Å². The number of Topliss-reactive ketones (excluding diaryl/α,β-unsaturated/α-hetero) is 1. The quantitative estimate of drug-likeness (QED) is 0.258. The van der Waals surface area contributed by atoms with Crippen LogP contribution in [-0.2, 0) is 4.79 Å². The number of urea groups is 1. The number of carbonyl (C=O) groups is 3.